The summed E-state index contributed by atoms with van der Waals surface area (Å²) in [6.45, 7) is 2.93. The first-order chi connectivity index (χ1) is 8.62. The van der Waals surface area contributed by atoms with Gasteiger partial charge in [-0.25, -0.2) is 0 Å². The Kier molecular flexibility index (Phi) is 7.18. The van der Waals surface area contributed by atoms with Crippen LogP contribution in [-0.4, -0.2) is 36.1 Å². The van der Waals surface area contributed by atoms with Crippen molar-refractivity contribution in [2.75, 3.05) is 19.8 Å². The van der Waals surface area contributed by atoms with Crippen LogP contribution >= 0.6 is 31.9 Å². The summed E-state index contributed by atoms with van der Waals surface area (Å²) < 4.78 is 7.25. The Morgan fingerprint density at radius 1 is 1.22 bits per heavy atom. The first-order valence-corrected chi connectivity index (χ1v) is 7.26. The molecule has 0 atom stereocenters. The van der Waals surface area contributed by atoms with Crippen LogP contribution in [0.3, 0.4) is 0 Å². The molecule has 1 aromatic rings. The molecule has 0 radical (unpaired) electrons. The van der Waals surface area contributed by atoms with Gasteiger partial charge in [0.15, 0.2) is 0 Å². The average Bonchev–Trinajstić information content (AvgIpc) is 2.35. The quantitative estimate of drug-likeness (QED) is 0.675. The van der Waals surface area contributed by atoms with Crippen molar-refractivity contribution in [3.63, 3.8) is 0 Å². The molecule has 0 aliphatic carbocycles. The molecule has 0 saturated heterocycles. The third-order valence-corrected chi connectivity index (χ3v) is 3.56. The second-order valence-electron chi connectivity index (χ2n) is 3.76. The highest BCUT2D eigenvalue weighted by molar-refractivity contribution is 9.11. The van der Waals surface area contributed by atoms with Gasteiger partial charge in [-0.2, -0.15) is 0 Å². The molecule has 3 N–H and O–H groups in total. The fourth-order valence-corrected chi connectivity index (χ4v) is 2.96. The number of halogens is 2. The normalized spacial score (nSPS) is 11.0. The van der Waals surface area contributed by atoms with Crippen LogP contribution in [0.2, 0.25) is 0 Å². The van der Waals surface area contributed by atoms with Gasteiger partial charge in [-0.15, -0.1) is 0 Å². The topological polar surface area (TPSA) is 61.7 Å². The van der Waals surface area contributed by atoms with Crippen molar-refractivity contribution in [1.29, 1.82) is 0 Å². The van der Waals surface area contributed by atoms with Crippen molar-refractivity contribution in [2.24, 2.45) is 0 Å². The van der Waals surface area contributed by atoms with E-state index in [9.17, 15) is 0 Å². The van der Waals surface area contributed by atoms with E-state index in [1.54, 1.807) is 0 Å². The fraction of sp³-hybridized carbons (Fsp3) is 0.500. The van der Waals surface area contributed by atoms with Gasteiger partial charge in [0.25, 0.3) is 0 Å². The molecule has 18 heavy (non-hydrogen) atoms. The Morgan fingerprint density at radius 2 is 1.78 bits per heavy atom. The van der Waals surface area contributed by atoms with Gasteiger partial charge in [-0.05, 0) is 56.5 Å². The number of benzene rings is 1. The van der Waals surface area contributed by atoms with Crippen LogP contribution in [0.4, 0.5) is 0 Å². The number of hydrogen-bond acceptors (Lipinski definition) is 4. The van der Waals surface area contributed by atoms with Crippen LogP contribution in [0.5, 0.6) is 5.75 Å². The molecular formula is C12H17Br2NO3. The molecule has 4 nitrogen and oxygen atoms in total. The molecular weight excluding hydrogens is 366 g/mol. The van der Waals surface area contributed by atoms with Gasteiger partial charge in [0.05, 0.1) is 34.8 Å². The van der Waals surface area contributed by atoms with Crippen molar-refractivity contribution in [3.05, 3.63) is 26.6 Å². The van der Waals surface area contributed by atoms with Gasteiger partial charge in [-0.1, -0.05) is 0 Å². The standard InChI is InChI=1S/C12H17Br2NO3/c1-2-18-12-10(13)3-8(4-11(12)14)5-15-9(6-16)7-17/h3-4,9,15-17H,2,5-7H2,1H3. The van der Waals surface area contributed by atoms with Gasteiger partial charge in [-0.3, -0.25) is 0 Å². The molecule has 0 unspecified atom stereocenters. The molecule has 0 fully saturated rings. The van der Waals surface area contributed by atoms with Crippen LogP contribution in [-0.2, 0) is 6.54 Å². The summed E-state index contributed by atoms with van der Waals surface area (Å²) in [7, 11) is 0. The van der Waals surface area contributed by atoms with Crippen LogP contribution in [0, 0.1) is 0 Å². The lowest BCUT2D eigenvalue weighted by Gasteiger charge is -2.15. The molecule has 0 saturated carbocycles. The Bertz CT molecular complexity index is 361. The van der Waals surface area contributed by atoms with Gasteiger partial charge < -0.3 is 20.3 Å². The average molecular weight is 383 g/mol. The monoisotopic (exact) mass is 381 g/mol. The summed E-state index contributed by atoms with van der Waals surface area (Å²) in [5, 5.41) is 21.0. The molecule has 0 aliphatic rings. The zero-order valence-electron chi connectivity index (χ0n) is 10.1. The molecule has 102 valence electrons. The highest BCUT2D eigenvalue weighted by Gasteiger charge is 2.10. The summed E-state index contributed by atoms with van der Waals surface area (Å²) in [4.78, 5) is 0. The highest BCUT2D eigenvalue weighted by atomic mass is 79.9. The SMILES string of the molecule is CCOc1c(Br)cc(CNC(CO)CO)cc1Br. The number of aliphatic hydroxyl groups is 2. The molecule has 1 aromatic carbocycles. The third-order valence-electron chi connectivity index (χ3n) is 2.38. The zero-order valence-corrected chi connectivity index (χ0v) is 13.3. The van der Waals surface area contributed by atoms with Crippen molar-refractivity contribution in [3.8, 4) is 5.75 Å². The van der Waals surface area contributed by atoms with Crippen LogP contribution in [0.1, 0.15) is 12.5 Å². The fourth-order valence-electron chi connectivity index (χ4n) is 1.45. The van der Waals surface area contributed by atoms with Crippen molar-refractivity contribution in [1.82, 2.24) is 5.32 Å². The zero-order chi connectivity index (χ0) is 13.5. The predicted molar refractivity (Wildman–Crippen MR) is 77.8 cm³/mol. The molecule has 0 bridgehead atoms. The minimum absolute atomic E-state index is 0.0874. The van der Waals surface area contributed by atoms with E-state index in [0.717, 1.165) is 20.3 Å². The molecule has 0 spiro atoms. The van der Waals surface area contributed by atoms with E-state index in [1.807, 2.05) is 19.1 Å². The maximum absolute atomic E-state index is 8.97. The van der Waals surface area contributed by atoms with Crippen molar-refractivity contribution >= 4 is 31.9 Å². The second kappa shape index (κ2) is 8.12. The van der Waals surface area contributed by atoms with E-state index in [4.69, 9.17) is 14.9 Å². The summed E-state index contributed by atoms with van der Waals surface area (Å²) in [5.41, 5.74) is 1.03. The van der Waals surface area contributed by atoms with Crippen molar-refractivity contribution in [2.45, 2.75) is 19.5 Å². The lowest BCUT2D eigenvalue weighted by molar-refractivity contribution is 0.170. The van der Waals surface area contributed by atoms with E-state index < -0.39 is 0 Å². The maximum atomic E-state index is 8.97. The first-order valence-electron chi connectivity index (χ1n) is 5.68. The molecule has 1 rings (SSSR count). The smallest absolute Gasteiger partial charge is 0.147 e. The Morgan fingerprint density at radius 3 is 2.22 bits per heavy atom. The number of rotatable bonds is 7. The van der Waals surface area contributed by atoms with Gasteiger partial charge in [0, 0.05) is 6.54 Å². The van der Waals surface area contributed by atoms with Crippen LogP contribution in [0.25, 0.3) is 0 Å². The van der Waals surface area contributed by atoms with E-state index in [0.29, 0.717) is 13.2 Å². The molecule has 0 amide bonds. The Hall–Kier alpha value is -0.140. The number of ether oxygens (including phenoxy) is 1. The maximum Gasteiger partial charge on any atom is 0.147 e. The number of nitrogens with one attached hydrogen (secondary N) is 1. The lowest BCUT2D eigenvalue weighted by Crippen LogP contribution is -2.35. The first kappa shape index (κ1) is 15.9. The van der Waals surface area contributed by atoms with Gasteiger partial charge in [0.1, 0.15) is 5.75 Å². The second-order valence-corrected chi connectivity index (χ2v) is 5.47. The minimum atomic E-state index is -0.297. The Balaban J connectivity index is 2.73. The summed E-state index contributed by atoms with van der Waals surface area (Å²) >= 11 is 6.92. The number of aliphatic hydroxyl groups excluding tert-OH is 2. The number of hydrogen-bond donors (Lipinski definition) is 3. The van der Waals surface area contributed by atoms with Crippen LogP contribution < -0.4 is 10.1 Å². The lowest BCUT2D eigenvalue weighted by atomic mass is 10.2. The van der Waals surface area contributed by atoms with E-state index in [-0.39, 0.29) is 19.3 Å². The molecule has 0 aromatic heterocycles. The third kappa shape index (κ3) is 4.51. The summed E-state index contributed by atoms with van der Waals surface area (Å²) in [6, 6.07) is 3.61. The molecule has 6 heteroatoms. The largest absolute Gasteiger partial charge is 0.492 e. The molecule has 0 heterocycles. The highest BCUT2D eigenvalue weighted by Crippen LogP contribution is 2.34. The van der Waals surface area contributed by atoms with Crippen molar-refractivity contribution < 1.29 is 14.9 Å². The summed E-state index contributed by atoms with van der Waals surface area (Å²) in [5.74, 6) is 0.780. The molecule has 0 aliphatic heterocycles. The van der Waals surface area contributed by atoms with Crippen LogP contribution in [0.15, 0.2) is 21.1 Å². The van der Waals surface area contributed by atoms with E-state index >= 15 is 0 Å². The van der Waals surface area contributed by atoms with Gasteiger partial charge >= 0.3 is 0 Å². The summed E-state index contributed by atoms with van der Waals surface area (Å²) in [6.07, 6.45) is 0. The van der Waals surface area contributed by atoms with E-state index in [2.05, 4.69) is 37.2 Å². The Labute approximate surface area is 124 Å². The minimum Gasteiger partial charge on any atom is -0.492 e. The predicted octanol–water partition coefficient (Wildman–Crippen LogP) is 2.05. The van der Waals surface area contributed by atoms with E-state index in [1.165, 1.54) is 0 Å². The van der Waals surface area contributed by atoms with Gasteiger partial charge in [0.2, 0.25) is 0 Å².